The standard InChI is InChI=1S/C66H57N3O/c1-44-17-12-14-23-54(44)59-38-62(58-26-16-25-56-57-32-29-48-18-13-15-24-55(48)63(57)70-64(56)58)67-41-51(59)28-27-45-35-46(39-65(2,3)52-30-33-60(68-42-52)49-19-8-6-9-20-49)37-47(36-45)40-66(4,5)53-31-34-61(69-43-53)50-21-10-7-11-22-50/h6-26,29-38,41-43H,27-28,39-40H2,1-5H3/i1D3,27D2,28D2. The fourth-order valence-electron chi connectivity index (χ4n) is 9.92. The number of hydrogen-bond acceptors (Lipinski definition) is 4. The summed E-state index contributed by atoms with van der Waals surface area (Å²) in [5.74, 6) is 0. The average molecular weight is 915 g/mol. The van der Waals surface area contributed by atoms with Gasteiger partial charge in [-0.15, -0.1) is 0 Å². The number of hydrogen-bond donors (Lipinski definition) is 0. The van der Waals surface area contributed by atoms with Gasteiger partial charge in [-0.1, -0.05) is 185 Å². The molecule has 342 valence electrons. The molecule has 11 aromatic rings. The Morgan fingerprint density at radius 1 is 0.443 bits per heavy atom. The number of aromatic nitrogens is 3. The molecule has 0 saturated carbocycles. The van der Waals surface area contributed by atoms with E-state index in [1.807, 2.05) is 134 Å². The Bertz CT molecular complexity index is 3850. The third-order valence-corrected chi connectivity index (χ3v) is 13.7. The second kappa shape index (κ2) is 18.5. The van der Waals surface area contributed by atoms with Gasteiger partial charge in [0.2, 0.25) is 0 Å². The fourth-order valence-corrected chi connectivity index (χ4v) is 9.92. The van der Waals surface area contributed by atoms with Crippen molar-refractivity contribution < 1.29 is 14.0 Å². The minimum atomic E-state index is -2.78. The normalized spacial score (nSPS) is 14.1. The van der Waals surface area contributed by atoms with E-state index in [4.69, 9.17) is 23.5 Å². The lowest BCUT2D eigenvalue weighted by atomic mass is 9.77. The lowest BCUT2D eigenvalue weighted by Crippen LogP contribution is -2.23. The Kier molecular flexibility index (Phi) is 9.79. The first-order valence-corrected chi connectivity index (χ1v) is 23.9. The van der Waals surface area contributed by atoms with E-state index in [0.717, 1.165) is 71.9 Å². The van der Waals surface area contributed by atoms with Crippen LogP contribution in [0, 0.1) is 6.85 Å². The van der Waals surface area contributed by atoms with Crippen molar-refractivity contribution in [3.63, 3.8) is 0 Å². The predicted octanol–water partition coefficient (Wildman–Crippen LogP) is 16.7. The number of rotatable bonds is 13. The number of para-hydroxylation sites is 1. The highest BCUT2D eigenvalue weighted by molar-refractivity contribution is 6.17. The monoisotopic (exact) mass is 914 g/mol. The molecule has 0 saturated heterocycles. The smallest absolute Gasteiger partial charge is 0.144 e. The number of nitrogens with zero attached hydrogens (tertiary/aromatic N) is 3. The summed E-state index contributed by atoms with van der Waals surface area (Å²) in [4.78, 5) is 14.6. The van der Waals surface area contributed by atoms with Crippen LogP contribution in [0.4, 0.5) is 0 Å². The molecule has 0 aliphatic carbocycles. The van der Waals surface area contributed by atoms with Gasteiger partial charge in [0.05, 0.1) is 17.1 Å². The highest BCUT2D eigenvalue weighted by Gasteiger charge is 2.26. The number of aryl methyl sites for hydroxylation is 3. The van der Waals surface area contributed by atoms with Crippen molar-refractivity contribution in [1.82, 2.24) is 15.0 Å². The summed E-state index contributed by atoms with van der Waals surface area (Å²) < 4.78 is 73.1. The first-order chi connectivity index (χ1) is 36.8. The first-order valence-electron chi connectivity index (χ1n) is 27.4. The van der Waals surface area contributed by atoms with Crippen LogP contribution in [-0.4, -0.2) is 15.0 Å². The van der Waals surface area contributed by atoms with Crippen molar-refractivity contribution in [3.05, 3.63) is 246 Å². The summed E-state index contributed by atoms with van der Waals surface area (Å²) in [5, 5.41) is 3.79. The SMILES string of the molecule is [2H]C([2H])([2H])c1ccccc1-c1cc(-c2cccc3c2oc2c4ccccc4ccc32)ncc1C([2H])([2H])C([2H])([2H])c1cc(CC(C)(C)c2ccc(-c3ccccc3)nc2)cc(CC(C)(C)c2ccc(-c3ccccc3)nc2)c1. The molecule has 0 aliphatic heterocycles. The van der Waals surface area contributed by atoms with Gasteiger partial charge in [-0.3, -0.25) is 15.0 Å². The van der Waals surface area contributed by atoms with E-state index >= 15 is 0 Å². The van der Waals surface area contributed by atoms with Crippen molar-refractivity contribution in [3.8, 4) is 44.9 Å². The minimum Gasteiger partial charge on any atom is -0.455 e. The van der Waals surface area contributed by atoms with Gasteiger partial charge in [-0.25, -0.2) is 0 Å². The molecule has 7 aromatic carbocycles. The largest absolute Gasteiger partial charge is 0.455 e. The maximum Gasteiger partial charge on any atom is 0.144 e. The molecule has 0 radical (unpaired) electrons. The van der Waals surface area contributed by atoms with E-state index in [1.54, 1.807) is 36.4 Å². The van der Waals surface area contributed by atoms with Crippen LogP contribution in [0.15, 0.2) is 211 Å². The van der Waals surface area contributed by atoms with Crippen molar-refractivity contribution in [1.29, 1.82) is 0 Å². The van der Waals surface area contributed by atoms with Crippen molar-refractivity contribution in [2.45, 2.75) is 71.0 Å². The lowest BCUT2D eigenvalue weighted by molar-refractivity contribution is 0.512. The molecule has 4 aromatic heterocycles. The van der Waals surface area contributed by atoms with E-state index in [2.05, 4.69) is 52.0 Å². The Balaban J connectivity index is 1.03. The highest BCUT2D eigenvalue weighted by atomic mass is 16.3. The molecular weight excluding hydrogens is 851 g/mol. The molecule has 0 amide bonds. The van der Waals surface area contributed by atoms with E-state index in [9.17, 15) is 5.48 Å². The molecule has 0 atom stereocenters. The van der Waals surface area contributed by atoms with E-state index in [0.29, 0.717) is 29.7 Å². The second-order valence-electron chi connectivity index (χ2n) is 19.6. The molecular formula is C66H57N3O. The number of benzene rings is 7. The molecule has 0 aliphatic rings. The molecule has 4 heteroatoms. The zero-order chi connectivity index (χ0) is 53.9. The van der Waals surface area contributed by atoms with Crippen LogP contribution in [0.1, 0.15) is 76.2 Å². The van der Waals surface area contributed by atoms with E-state index < -0.39 is 30.4 Å². The number of fused-ring (bicyclic) bond motifs is 5. The van der Waals surface area contributed by atoms with Crippen LogP contribution in [0.5, 0.6) is 0 Å². The predicted molar refractivity (Wildman–Crippen MR) is 291 cm³/mol. The van der Waals surface area contributed by atoms with Gasteiger partial charge in [0.15, 0.2) is 0 Å². The lowest BCUT2D eigenvalue weighted by Gasteiger charge is -2.28. The van der Waals surface area contributed by atoms with Crippen LogP contribution in [0.3, 0.4) is 0 Å². The van der Waals surface area contributed by atoms with Gasteiger partial charge >= 0.3 is 0 Å². The summed E-state index contributed by atoms with van der Waals surface area (Å²) in [7, 11) is 0. The van der Waals surface area contributed by atoms with Crippen molar-refractivity contribution in [2.75, 3.05) is 0 Å². The van der Waals surface area contributed by atoms with Crippen molar-refractivity contribution in [2.24, 2.45) is 0 Å². The van der Waals surface area contributed by atoms with Gasteiger partial charge in [-0.2, -0.15) is 0 Å². The number of pyridine rings is 3. The average Bonchev–Trinajstić information content (AvgIpc) is 4.01. The Hall–Kier alpha value is -7.95. The van der Waals surface area contributed by atoms with Crippen LogP contribution < -0.4 is 0 Å². The third kappa shape index (κ3) is 8.94. The van der Waals surface area contributed by atoms with E-state index in [1.165, 1.54) is 12.3 Å². The van der Waals surface area contributed by atoms with Gasteiger partial charge in [0.25, 0.3) is 0 Å². The summed E-state index contributed by atoms with van der Waals surface area (Å²) in [5.41, 5.74) is 9.36. The Labute approximate surface area is 421 Å². The van der Waals surface area contributed by atoms with Crippen LogP contribution in [-0.2, 0) is 36.4 Å². The van der Waals surface area contributed by atoms with Crippen LogP contribution >= 0.6 is 0 Å². The molecule has 4 heterocycles. The zero-order valence-electron chi connectivity index (χ0n) is 46.8. The maximum absolute atomic E-state index is 10.1. The molecule has 0 bridgehead atoms. The third-order valence-electron chi connectivity index (χ3n) is 13.7. The highest BCUT2D eigenvalue weighted by Crippen LogP contribution is 2.40. The molecule has 0 unspecified atom stereocenters. The summed E-state index contributed by atoms with van der Waals surface area (Å²) in [6.45, 7) is 6.00. The quantitative estimate of drug-likeness (QED) is 0.116. The van der Waals surface area contributed by atoms with Gasteiger partial charge < -0.3 is 4.42 Å². The molecule has 11 rings (SSSR count). The molecule has 0 N–H and O–H groups in total. The minimum absolute atomic E-state index is 0.00880. The van der Waals surface area contributed by atoms with Gasteiger partial charge in [0, 0.05) is 61.0 Å². The summed E-state index contributed by atoms with van der Waals surface area (Å²) in [6.07, 6.45) is 0.697. The maximum atomic E-state index is 10.1. The van der Waals surface area contributed by atoms with Crippen LogP contribution in [0.2, 0.25) is 0 Å². The number of furan rings is 1. The first kappa shape index (κ1) is 37.0. The van der Waals surface area contributed by atoms with E-state index in [-0.39, 0.29) is 27.8 Å². The molecule has 70 heavy (non-hydrogen) atoms. The Morgan fingerprint density at radius 3 is 1.64 bits per heavy atom. The fraction of sp³-hybridized carbons (Fsp3) is 0.167. The molecule has 0 fully saturated rings. The summed E-state index contributed by atoms with van der Waals surface area (Å²) >= 11 is 0. The van der Waals surface area contributed by atoms with Crippen molar-refractivity contribution >= 4 is 32.7 Å². The van der Waals surface area contributed by atoms with Gasteiger partial charge in [-0.05, 0) is 129 Å². The second-order valence-corrected chi connectivity index (χ2v) is 19.6. The molecule has 4 nitrogen and oxygen atoms in total. The summed E-state index contributed by atoms with van der Waals surface area (Å²) in [6, 6.07) is 60.2. The van der Waals surface area contributed by atoms with Crippen LogP contribution in [0.25, 0.3) is 77.6 Å². The van der Waals surface area contributed by atoms with Gasteiger partial charge in [0.1, 0.15) is 11.2 Å². The Morgan fingerprint density at radius 2 is 1.00 bits per heavy atom. The zero-order valence-corrected chi connectivity index (χ0v) is 39.8. The topological polar surface area (TPSA) is 51.8 Å². The molecule has 0 spiro atoms.